The molecule has 0 aliphatic carbocycles. The third kappa shape index (κ3) is 6.99. The Morgan fingerprint density at radius 1 is 1.07 bits per heavy atom. The van der Waals surface area contributed by atoms with Crippen molar-refractivity contribution in [2.45, 2.75) is 76.9 Å². The predicted molar refractivity (Wildman–Crippen MR) is 104 cm³/mol. The molecule has 1 aliphatic rings. The quantitative estimate of drug-likeness (QED) is 0.270. The zero-order chi connectivity index (χ0) is 22.1. The van der Waals surface area contributed by atoms with E-state index < -0.39 is 41.0 Å². The van der Waals surface area contributed by atoms with Crippen LogP contribution in [0.5, 0.6) is 0 Å². The third-order valence-electron chi connectivity index (χ3n) is 5.25. The summed E-state index contributed by atoms with van der Waals surface area (Å²) in [4.78, 5) is 26.2. The first kappa shape index (κ1) is 24.2. The molecule has 1 unspecified atom stereocenters. The molecule has 0 saturated carbocycles. The van der Waals surface area contributed by atoms with Crippen LogP contribution in [0.25, 0.3) is 0 Å². The molecule has 4 nitrogen and oxygen atoms in total. The average molecular weight is 431 g/mol. The van der Waals surface area contributed by atoms with Crippen LogP contribution in [0.3, 0.4) is 0 Å². The van der Waals surface area contributed by atoms with E-state index in [1.54, 1.807) is 0 Å². The molecule has 1 aliphatic heterocycles. The summed E-state index contributed by atoms with van der Waals surface area (Å²) in [5.74, 6) is -2.50. The van der Waals surface area contributed by atoms with Crippen LogP contribution in [0.1, 0.15) is 80.6 Å². The summed E-state index contributed by atoms with van der Waals surface area (Å²) in [6.45, 7) is 2.62. The molecule has 0 N–H and O–H groups in total. The number of hydrogen-bond acceptors (Lipinski definition) is 3. The molecule has 0 aromatic heterocycles. The van der Waals surface area contributed by atoms with Crippen LogP contribution in [0, 0.1) is 5.82 Å². The highest BCUT2D eigenvalue weighted by Crippen LogP contribution is 2.31. The molecule has 30 heavy (non-hydrogen) atoms. The zero-order valence-electron chi connectivity index (χ0n) is 17.3. The van der Waals surface area contributed by atoms with Crippen LogP contribution in [0.4, 0.5) is 17.6 Å². The van der Waals surface area contributed by atoms with Crippen molar-refractivity contribution in [1.29, 1.82) is 0 Å². The number of likely N-dealkylation sites (tertiary alicyclic amines) is 1. The van der Waals surface area contributed by atoms with E-state index in [1.165, 1.54) is 24.2 Å². The molecule has 0 bridgehead atoms. The van der Waals surface area contributed by atoms with Gasteiger partial charge in [0.05, 0.1) is 12.2 Å². The first-order chi connectivity index (χ1) is 14.2. The Labute approximate surface area is 174 Å². The van der Waals surface area contributed by atoms with Crippen molar-refractivity contribution in [1.82, 2.24) is 4.90 Å². The van der Waals surface area contributed by atoms with Crippen molar-refractivity contribution in [3.8, 4) is 0 Å². The Balaban J connectivity index is 1.90. The fourth-order valence-corrected chi connectivity index (χ4v) is 3.63. The summed E-state index contributed by atoms with van der Waals surface area (Å²) in [6, 6.07) is 0.871. The SMILES string of the molecule is CCCCCCCCCOC(=O)C1CCCN1C(=O)c1cc(F)cc(C(F)(F)F)c1. The van der Waals surface area contributed by atoms with E-state index in [0.717, 1.165) is 31.7 Å². The molecular formula is C22H29F4NO3. The van der Waals surface area contributed by atoms with Crippen molar-refractivity contribution in [3.05, 3.63) is 35.1 Å². The minimum absolute atomic E-state index is 0.216. The molecule has 0 radical (unpaired) electrons. The number of hydrogen-bond donors (Lipinski definition) is 0. The molecule has 8 heteroatoms. The molecule has 1 fully saturated rings. The maximum atomic E-state index is 13.6. The van der Waals surface area contributed by atoms with Crippen LogP contribution in [-0.2, 0) is 15.7 Å². The van der Waals surface area contributed by atoms with Crippen molar-refractivity contribution < 1.29 is 31.9 Å². The molecule has 1 aromatic rings. The standard InChI is InChI=1S/C22H29F4NO3/c1-2-3-4-5-6-7-8-12-30-21(29)19-10-9-11-27(19)20(28)16-13-17(22(24,25)26)15-18(23)14-16/h13-15,19H,2-12H2,1H3. The molecular weight excluding hydrogens is 402 g/mol. The highest BCUT2D eigenvalue weighted by atomic mass is 19.4. The number of ether oxygens (including phenoxy) is 1. The second kappa shape index (κ2) is 11.3. The fourth-order valence-electron chi connectivity index (χ4n) is 3.63. The minimum atomic E-state index is -4.77. The minimum Gasteiger partial charge on any atom is -0.464 e. The van der Waals surface area contributed by atoms with E-state index >= 15 is 0 Å². The smallest absolute Gasteiger partial charge is 0.416 e. The normalized spacial score (nSPS) is 16.7. The number of benzene rings is 1. The maximum absolute atomic E-state index is 13.6. The van der Waals surface area contributed by atoms with E-state index in [9.17, 15) is 27.2 Å². The molecule has 2 rings (SSSR count). The number of unbranched alkanes of at least 4 members (excludes halogenated alkanes) is 6. The monoisotopic (exact) mass is 431 g/mol. The first-order valence-corrected chi connectivity index (χ1v) is 10.6. The van der Waals surface area contributed by atoms with Gasteiger partial charge in [-0.25, -0.2) is 9.18 Å². The Kier molecular flexibility index (Phi) is 9.11. The van der Waals surface area contributed by atoms with Crippen LogP contribution in [-0.4, -0.2) is 36.0 Å². The fraction of sp³-hybridized carbons (Fsp3) is 0.636. The van der Waals surface area contributed by atoms with E-state index in [0.29, 0.717) is 25.0 Å². The van der Waals surface area contributed by atoms with Crippen molar-refractivity contribution in [3.63, 3.8) is 0 Å². The molecule has 0 spiro atoms. The van der Waals surface area contributed by atoms with Gasteiger partial charge in [-0.2, -0.15) is 13.2 Å². The zero-order valence-corrected chi connectivity index (χ0v) is 17.3. The lowest BCUT2D eigenvalue weighted by Crippen LogP contribution is -2.41. The van der Waals surface area contributed by atoms with Gasteiger partial charge in [0.1, 0.15) is 11.9 Å². The summed E-state index contributed by atoms with van der Waals surface area (Å²) in [6.07, 6.45) is 3.66. The number of nitrogens with zero attached hydrogens (tertiary/aromatic N) is 1. The maximum Gasteiger partial charge on any atom is 0.416 e. The van der Waals surface area contributed by atoms with E-state index in [2.05, 4.69) is 6.92 Å². The van der Waals surface area contributed by atoms with Gasteiger partial charge in [-0.05, 0) is 37.5 Å². The summed E-state index contributed by atoms with van der Waals surface area (Å²) in [5.41, 5.74) is -1.66. The second-order valence-electron chi connectivity index (χ2n) is 7.67. The van der Waals surface area contributed by atoms with Gasteiger partial charge < -0.3 is 9.64 Å². The van der Waals surface area contributed by atoms with E-state index in [4.69, 9.17) is 4.74 Å². The number of carbonyl (C=O) groups excluding carboxylic acids is 2. The van der Waals surface area contributed by atoms with Crippen LogP contribution >= 0.6 is 0 Å². The van der Waals surface area contributed by atoms with Gasteiger partial charge >= 0.3 is 12.1 Å². The summed E-state index contributed by atoms with van der Waals surface area (Å²) in [5, 5.41) is 0. The van der Waals surface area contributed by atoms with Crippen LogP contribution in [0.2, 0.25) is 0 Å². The first-order valence-electron chi connectivity index (χ1n) is 10.6. The van der Waals surface area contributed by atoms with Crippen LogP contribution < -0.4 is 0 Å². The van der Waals surface area contributed by atoms with Gasteiger partial charge in [-0.1, -0.05) is 45.4 Å². The number of halogens is 4. The average Bonchev–Trinajstić information content (AvgIpc) is 3.18. The molecule has 1 saturated heterocycles. The van der Waals surface area contributed by atoms with Gasteiger partial charge in [0.15, 0.2) is 0 Å². The predicted octanol–water partition coefficient (Wildman–Crippen LogP) is 5.74. The number of carbonyl (C=O) groups is 2. The van der Waals surface area contributed by atoms with Gasteiger partial charge in [-0.15, -0.1) is 0 Å². The van der Waals surface area contributed by atoms with Crippen molar-refractivity contribution >= 4 is 11.9 Å². The molecule has 1 atom stereocenters. The Bertz CT molecular complexity index is 721. The third-order valence-corrected chi connectivity index (χ3v) is 5.25. The topological polar surface area (TPSA) is 46.6 Å². The van der Waals surface area contributed by atoms with Gasteiger partial charge in [0.2, 0.25) is 0 Å². The van der Waals surface area contributed by atoms with Crippen molar-refractivity contribution in [2.75, 3.05) is 13.2 Å². The van der Waals surface area contributed by atoms with E-state index in [-0.39, 0.29) is 13.2 Å². The Morgan fingerprint density at radius 3 is 2.40 bits per heavy atom. The highest BCUT2D eigenvalue weighted by Gasteiger charge is 2.37. The molecule has 1 aromatic carbocycles. The Morgan fingerprint density at radius 2 is 1.73 bits per heavy atom. The lowest BCUT2D eigenvalue weighted by atomic mass is 10.1. The lowest BCUT2D eigenvalue weighted by Gasteiger charge is -2.23. The highest BCUT2D eigenvalue weighted by molar-refractivity contribution is 5.97. The molecule has 1 heterocycles. The van der Waals surface area contributed by atoms with Gasteiger partial charge in [0.25, 0.3) is 5.91 Å². The Hall–Kier alpha value is -2.12. The summed E-state index contributed by atoms with van der Waals surface area (Å²) >= 11 is 0. The number of amides is 1. The number of alkyl halides is 3. The number of esters is 1. The lowest BCUT2D eigenvalue weighted by molar-refractivity contribution is -0.148. The van der Waals surface area contributed by atoms with E-state index in [1.807, 2.05) is 0 Å². The van der Waals surface area contributed by atoms with Gasteiger partial charge in [0, 0.05) is 12.1 Å². The van der Waals surface area contributed by atoms with Crippen LogP contribution in [0.15, 0.2) is 18.2 Å². The summed E-state index contributed by atoms with van der Waals surface area (Å²) < 4.78 is 57.7. The molecule has 1 amide bonds. The largest absolute Gasteiger partial charge is 0.464 e. The molecule has 168 valence electrons. The summed E-state index contributed by atoms with van der Waals surface area (Å²) in [7, 11) is 0. The number of rotatable bonds is 10. The second-order valence-corrected chi connectivity index (χ2v) is 7.67. The van der Waals surface area contributed by atoms with Gasteiger partial charge in [-0.3, -0.25) is 4.79 Å². The van der Waals surface area contributed by atoms with Crippen molar-refractivity contribution in [2.24, 2.45) is 0 Å².